The van der Waals surface area contributed by atoms with E-state index < -0.39 is 5.41 Å². The minimum atomic E-state index is -0.584. The number of likely N-dealkylation sites (tertiary alicyclic amines) is 1. The van der Waals surface area contributed by atoms with Crippen LogP contribution in [-0.2, 0) is 21.4 Å². The Morgan fingerprint density at radius 3 is 2.60 bits per heavy atom. The predicted octanol–water partition coefficient (Wildman–Crippen LogP) is 2.55. The zero-order valence-corrected chi connectivity index (χ0v) is 12.1. The lowest BCUT2D eigenvalue weighted by molar-refractivity contribution is -0.112. The van der Waals surface area contributed by atoms with Gasteiger partial charge in [-0.05, 0) is 30.9 Å². The van der Waals surface area contributed by atoms with Crippen LogP contribution in [0.5, 0.6) is 0 Å². The highest BCUT2D eigenvalue weighted by atomic mass is 16.6. The lowest BCUT2D eigenvalue weighted by atomic mass is 9.81. The Labute approximate surface area is 119 Å². The number of hydrogen-bond acceptors (Lipinski definition) is 3. The highest BCUT2D eigenvalue weighted by molar-refractivity contribution is 5.74. The molecule has 0 spiro atoms. The highest BCUT2D eigenvalue weighted by Gasteiger charge is 2.41. The summed E-state index contributed by atoms with van der Waals surface area (Å²) in [6, 6.07) is 8.10. The molecule has 1 fully saturated rings. The molecule has 0 aliphatic carbocycles. The first-order valence-corrected chi connectivity index (χ1v) is 7.12. The third kappa shape index (κ3) is 2.69. The van der Waals surface area contributed by atoms with E-state index in [1.54, 1.807) is 11.8 Å². The van der Waals surface area contributed by atoms with Gasteiger partial charge in [0.2, 0.25) is 0 Å². The molecule has 2 rings (SSSR count). The maximum Gasteiger partial charge on any atom is 0.409 e. The van der Waals surface area contributed by atoms with Crippen molar-refractivity contribution in [3.63, 3.8) is 0 Å². The molecule has 1 aliphatic rings. The first-order valence-electron chi connectivity index (χ1n) is 7.12. The third-order valence-electron chi connectivity index (χ3n) is 3.99. The van der Waals surface area contributed by atoms with Crippen LogP contribution in [0.3, 0.4) is 0 Å². The zero-order chi connectivity index (χ0) is 14.6. The second-order valence-electron chi connectivity index (χ2n) is 5.19. The van der Waals surface area contributed by atoms with E-state index in [4.69, 9.17) is 4.74 Å². The monoisotopic (exact) mass is 275 g/mol. The molecule has 1 amide bonds. The lowest BCUT2D eigenvalue weighted by Gasteiger charge is -2.23. The van der Waals surface area contributed by atoms with Crippen LogP contribution >= 0.6 is 0 Å². The molecule has 1 aromatic rings. The van der Waals surface area contributed by atoms with Gasteiger partial charge in [-0.25, -0.2) is 4.79 Å². The summed E-state index contributed by atoms with van der Waals surface area (Å²) >= 11 is 0. The van der Waals surface area contributed by atoms with Crippen molar-refractivity contribution in [2.75, 3.05) is 19.7 Å². The lowest BCUT2D eigenvalue weighted by Crippen LogP contribution is -2.35. The van der Waals surface area contributed by atoms with Gasteiger partial charge in [-0.3, -0.25) is 0 Å². The van der Waals surface area contributed by atoms with Gasteiger partial charge < -0.3 is 14.4 Å². The Kier molecular flexibility index (Phi) is 4.42. The van der Waals surface area contributed by atoms with E-state index in [0.717, 1.165) is 18.3 Å². The number of carbonyl (C=O) groups is 2. The van der Waals surface area contributed by atoms with Crippen molar-refractivity contribution in [3.8, 4) is 0 Å². The summed E-state index contributed by atoms with van der Waals surface area (Å²) in [6.07, 6.45) is 2.28. The van der Waals surface area contributed by atoms with Crippen molar-refractivity contribution in [1.82, 2.24) is 4.90 Å². The van der Waals surface area contributed by atoms with Crippen LogP contribution < -0.4 is 0 Å². The fourth-order valence-electron chi connectivity index (χ4n) is 2.68. The summed E-state index contributed by atoms with van der Waals surface area (Å²) in [5, 5.41) is 0. The normalized spacial score (nSPS) is 21.8. The van der Waals surface area contributed by atoms with Gasteiger partial charge in [-0.2, -0.15) is 0 Å². The van der Waals surface area contributed by atoms with Gasteiger partial charge in [-0.15, -0.1) is 0 Å². The number of hydrogen-bond donors (Lipinski definition) is 0. The molecule has 1 unspecified atom stereocenters. The molecule has 1 aromatic carbocycles. The molecule has 0 saturated carbocycles. The molecular weight excluding hydrogens is 254 g/mol. The van der Waals surface area contributed by atoms with Crippen LogP contribution in [0.1, 0.15) is 31.4 Å². The second-order valence-corrected chi connectivity index (χ2v) is 5.19. The molecule has 0 bridgehead atoms. The number of carbonyl (C=O) groups excluding carboxylic acids is 2. The number of amides is 1. The molecular formula is C16H21NO3. The van der Waals surface area contributed by atoms with Crippen molar-refractivity contribution < 1.29 is 14.3 Å². The summed E-state index contributed by atoms with van der Waals surface area (Å²) < 4.78 is 5.01. The van der Waals surface area contributed by atoms with Crippen molar-refractivity contribution in [2.45, 2.75) is 32.1 Å². The molecule has 0 N–H and O–H groups in total. The third-order valence-corrected chi connectivity index (χ3v) is 3.99. The maximum atomic E-state index is 11.8. The van der Waals surface area contributed by atoms with Gasteiger partial charge in [0.05, 0.1) is 12.0 Å². The summed E-state index contributed by atoms with van der Waals surface area (Å²) in [5.41, 5.74) is 1.64. The Morgan fingerprint density at radius 1 is 1.35 bits per heavy atom. The molecule has 4 heteroatoms. The molecule has 0 radical (unpaired) electrons. The standard InChI is InChI=1S/C16H21NO3/c1-3-13-5-7-14(8-6-13)16(12-18)9-10-17(11-16)15(19)20-4-2/h5-8,12H,3-4,9-11H2,1-2H3. The van der Waals surface area contributed by atoms with E-state index in [-0.39, 0.29) is 6.09 Å². The van der Waals surface area contributed by atoms with E-state index in [1.807, 2.05) is 24.3 Å². The van der Waals surface area contributed by atoms with Gasteiger partial charge in [0, 0.05) is 13.1 Å². The Balaban J connectivity index is 2.18. The predicted molar refractivity (Wildman–Crippen MR) is 76.8 cm³/mol. The molecule has 1 saturated heterocycles. The van der Waals surface area contributed by atoms with Crippen LogP contribution in [0.25, 0.3) is 0 Å². The first kappa shape index (κ1) is 14.6. The SMILES string of the molecule is CCOC(=O)N1CCC(C=O)(c2ccc(CC)cc2)C1. The fourth-order valence-corrected chi connectivity index (χ4v) is 2.68. The van der Waals surface area contributed by atoms with E-state index in [9.17, 15) is 9.59 Å². The summed E-state index contributed by atoms with van der Waals surface area (Å²) in [4.78, 5) is 25.0. The van der Waals surface area contributed by atoms with Crippen LogP contribution in [0.4, 0.5) is 4.79 Å². The van der Waals surface area contributed by atoms with Crippen LogP contribution in [0, 0.1) is 0 Å². The van der Waals surface area contributed by atoms with Gasteiger partial charge >= 0.3 is 6.09 Å². The van der Waals surface area contributed by atoms with E-state index in [2.05, 4.69) is 6.92 Å². The highest BCUT2D eigenvalue weighted by Crippen LogP contribution is 2.33. The molecule has 108 valence electrons. The number of rotatable bonds is 4. The van der Waals surface area contributed by atoms with Crippen LogP contribution in [0.15, 0.2) is 24.3 Å². The molecule has 20 heavy (non-hydrogen) atoms. The number of nitrogens with zero attached hydrogens (tertiary/aromatic N) is 1. The van der Waals surface area contributed by atoms with E-state index in [0.29, 0.717) is 26.1 Å². The van der Waals surface area contributed by atoms with Crippen molar-refractivity contribution in [3.05, 3.63) is 35.4 Å². The Morgan fingerprint density at radius 2 is 2.05 bits per heavy atom. The van der Waals surface area contributed by atoms with Gasteiger partial charge in [0.1, 0.15) is 6.29 Å². The smallest absolute Gasteiger partial charge is 0.409 e. The minimum absolute atomic E-state index is 0.332. The van der Waals surface area contributed by atoms with Crippen LogP contribution in [0.2, 0.25) is 0 Å². The van der Waals surface area contributed by atoms with E-state index in [1.165, 1.54) is 5.56 Å². The Hall–Kier alpha value is -1.84. The largest absolute Gasteiger partial charge is 0.450 e. The molecule has 4 nitrogen and oxygen atoms in total. The summed E-state index contributed by atoms with van der Waals surface area (Å²) in [7, 11) is 0. The zero-order valence-electron chi connectivity index (χ0n) is 12.1. The minimum Gasteiger partial charge on any atom is -0.450 e. The topological polar surface area (TPSA) is 46.6 Å². The summed E-state index contributed by atoms with van der Waals surface area (Å²) in [5.74, 6) is 0. The number of benzene rings is 1. The molecule has 1 aliphatic heterocycles. The average Bonchev–Trinajstić information content (AvgIpc) is 2.93. The number of aldehydes is 1. The van der Waals surface area contributed by atoms with E-state index >= 15 is 0 Å². The molecule has 1 heterocycles. The average molecular weight is 275 g/mol. The van der Waals surface area contributed by atoms with Crippen LogP contribution in [-0.4, -0.2) is 37.0 Å². The van der Waals surface area contributed by atoms with Gasteiger partial charge in [-0.1, -0.05) is 31.2 Å². The van der Waals surface area contributed by atoms with Crippen molar-refractivity contribution in [2.24, 2.45) is 0 Å². The summed E-state index contributed by atoms with van der Waals surface area (Å²) in [6.45, 7) is 5.20. The van der Waals surface area contributed by atoms with Gasteiger partial charge in [0.25, 0.3) is 0 Å². The molecule has 0 aromatic heterocycles. The first-order chi connectivity index (χ1) is 9.65. The number of aryl methyl sites for hydroxylation is 1. The quantitative estimate of drug-likeness (QED) is 0.793. The van der Waals surface area contributed by atoms with Gasteiger partial charge in [0.15, 0.2) is 0 Å². The maximum absolute atomic E-state index is 11.8. The Bertz CT molecular complexity index is 483. The molecule has 1 atom stereocenters. The number of ether oxygens (including phenoxy) is 1. The second kappa shape index (κ2) is 6.07. The van der Waals surface area contributed by atoms with Crippen molar-refractivity contribution in [1.29, 1.82) is 0 Å². The van der Waals surface area contributed by atoms with Crippen molar-refractivity contribution >= 4 is 12.4 Å². The fraction of sp³-hybridized carbons (Fsp3) is 0.500.